The fourth-order valence-electron chi connectivity index (χ4n) is 4.30. The number of para-hydroxylation sites is 1. The van der Waals surface area contributed by atoms with E-state index in [0.29, 0.717) is 22.5 Å². The second kappa shape index (κ2) is 12.7. The largest absolute Gasteiger partial charge is 0.368 e. The fraction of sp³-hybridized carbons (Fsp3) is 0.440. The first kappa shape index (κ1) is 26.7. The minimum Gasteiger partial charge on any atom is -0.368 e. The number of piperazine rings is 1. The van der Waals surface area contributed by atoms with E-state index >= 15 is 0 Å². The van der Waals surface area contributed by atoms with Gasteiger partial charge in [0.25, 0.3) is 5.56 Å². The molecule has 1 fully saturated rings. The van der Waals surface area contributed by atoms with Crippen molar-refractivity contribution in [2.45, 2.75) is 37.6 Å². The van der Waals surface area contributed by atoms with E-state index in [1.807, 2.05) is 11.8 Å². The van der Waals surface area contributed by atoms with Gasteiger partial charge in [0.2, 0.25) is 0 Å². The number of benzene rings is 2. The summed E-state index contributed by atoms with van der Waals surface area (Å²) in [7, 11) is 0. The SMILES string of the molecule is CCCSc1ccccc1N1CCN(CCCCn2c(=O)[nH]c3ccc(Cl)cc3c2=O)CC1.Cl. The lowest BCUT2D eigenvalue weighted by atomic mass is 10.2. The molecule has 0 spiro atoms. The van der Waals surface area contributed by atoms with Gasteiger partial charge < -0.3 is 9.88 Å². The zero-order valence-corrected chi connectivity index (χ0v) is 21.9. The Labute approximate surface area is 215 Å². The monoisotopic (exact) mass is 522 g/mol. The predicted molar refractivity (Wildman–Crippen MR) is 146 cm³/mol. The van der Waals surface area contributed by atoms with Crippen LogP contribution in [0.15, 0.2) is 56.9 Å². The highest BCUT2D eigenvalue weighted by molar-refractivity contribution is 7.99. The first-order valence-corrected chi connectivity index (χ1v) is 13.0. The van der Waals surface area contributed by atoms with Gasteiger partial charge in [-0.2, -0.15) is 0 Å². The summed E-state index contributed by atoms with van der Waals surface area (Å²) >= 11 is 7.97. The molecule has 1 saturated heterocycles. The summed E-state index contributed by atoms with van der Waals surface area (Å²) in [6, 6.07) is 13.7. The number of H-pyrrole nitrogens is 1. The Hall–Kier alpha value is -1.93. The van der Waals surface area contributed by atoms with Crippen molar-refractivity contribution in [3.8, 4) is 0 Å². The van der Waals surface area contributed by atoms with E-state index in [1.54, 1.807) is 18.2 Å². The molecule has 4 rings (SSSR count). The van der Waals surface area contributed by atoms with Gasteiger partial charge in [0, 0.05) is 42.6 Å². The van der Waals surface area contributed by atoms with Crippen molar-refractivity contribution in [1.82, 2.24) is 14.5 Å². The topological polar surface area (TPSA) is 61.3 Å². The molecule has 6 nitrogen and oxygen atoms in total. The number of hydrogen-bond acceptors (Lipinski definition) is 5. The standard InChI is InChI=1S/C25H31ClN4O2S.ClH/c1-2-17-33-23-8-4-3-7-22(23)29-15-13-28(14-16-29)11-5-6-12-30-24(31)20-18-19(26)9-10-21(20)27-25(30)32;/h3-4,7-10,18H,2,5-6,11-17H2,1H3,(H,27,32);1H. The van der Waals surface area contributed by atoms with Gasteiger partial charge in [-0.1, -0.05) is 30.7 Å². The van der Waals surface area contributed by atoms with Gasteiger partial charge in [0.05, 0.1) is 16.6 Å². The van der Waals surface area contributed by atoms with Gasteiger partial charge in [-0.25, -0.2) is 4.79 Å². The molecule has 0 radical (unpaired) electrons. The summed E-state index contributed by atoms with van der Waals surface area (Å²) in [5, 5.41) is 0.944. The molecule has 2 aromatic carbocycles. The number of aromatic amines is 1. The van der Waals surface area contributed by atoms with Crippen molar-refractivity contribution in [2.75, 3.05) is 43.4 Å². The normalized spacial score (nSPS) is 14.4. The molecule has 1 N–H and O–H groups in total. The summed E-state index contributed by atoms with van der Waals surface area (Å²) in [6.45, 7) is 7.72. The molecule has 34 heavy (non-hydrogen) atoms. The van der Waals surface area contributed by atoms with Crippen LogP contribution in [-0.4, -0.2) is 52.9 Å². The molecule has 0 aliphatic carbocycles. The second-order valence-electron chi connectivity index (χ2n) is 8.43. The zero-order chi connectivity index (χ0) is 23.2. The fourth-order valence-corrected chi connectivity index (χ4v) is 5.41. The van der Waals surface area contributed by atoms with Crippen LogP contribution in [0, 0.1) is 0 Å². The average molecular weight is 524 g/mol. The van der Waals surface area contributed by atoms with Crippen molar-refractivity contribution in [2.24, 2.45) is 0 Å². The molecule has 2 heterocycles. The van der Waals surface area contributed by atoms with Crippen LogP contribution in [0.5, 0.6) is 0 Å². The Morgan fingerprint density at radius 2 is 1.74 bits per heavy atom. The molecule has 0 bridgehead atoms. The van der Waals surface area contributed by atoms with Crippen molar-refractivity contribution < 1.29 is 0 Å². The molecule has 3 aromatic rings. The lowest BCUT2D eigenvalue weighted by Gasteiger charge is -2.37. The Bertz CT molecular complexity index is 1210. The molecule has 0 saturated carbocycles. The first-order valence-electron chi connectivity index (χ1n) is 11.7. The molecular formula is C25H32Cl2N4O2S. The minimum atomic E-state index is -0.358. The number of anilines is 1. The minimum absolute atomic E-state index is 0. The number of halogens is 2. The average Bonchev–Trinajstić information content (AvgIpc) is 2.83. The van der Waals surface area contributed by atoms with Crippen LogP contribution in [0.1, 0.15) is 26.2 Å². The number of fused-ring (bicyclic) bond motifs is 1. The van der Waals surface area contributed by atoms with Crippen LogP contribution < -0.4 is 16.1 Å². The molecular weight excluding hydrogens is 491 g/mol. The van der Waals surface area contributed by atoms with E-state index in [2.05, 4.69) is 46.0 Å². The van der Waals surface area contributed by atoms with E-state index in [9.17, 15) is 9.59 Å². The third kappa shape index (κ3) is 6.39. The van der Waals surface area contributed by atoms with Gasteiger partial charge in [-0.05, 0) is 61.9 Å². The Balaban J connectivity index is 0.00000324. The highest BCUT2D eigenvalue weighted by Crippen LogP contribution is 2.31. The summed E-state index contributed by atoms with van der Waals surface area (Å²) in [5.74, 6) is 1.15. The number of aromatic nitrogens is 2. The Kier molecular flexibility index (Phi) is 9.95. The molecule has 9 heteroatoms. The van der Waals surface area contributed by atoms with Crippen molar-refractivity contribution >= 4 is 52.4 Å². The van der Waals surface area contributed by atoms with Crippen LogP contribution in [0.2, 0.25) is 5.02 Å². The predicted octanol–water partition coefficient (Wildman–Crippen LogP) is 4.87. The van der Waals surface area contributed by atoms with E-state index in [4.69, 9.17) is 11.6 Å². The number of nitrogens with one attached hydrogen (secondary N) is 1. The number of unbranched alkanes of at least 4 members (excludes halogenated alkanes) is 1. The van der Waals surface area contributed by atoms with Gasteiger partial charge in [0.1, 0.15) is 0 Å². The summed E-state index contributed by atoms with van der Waals surface area (Å²) < 4.78 is 1.29. The summed E-state index contributed by atoms with van der Waals surface area (Å²) in [6.07, 6.45) is 2.91. The first-order chi connectivity index (χ1) is 16.1. The van der Waals surface area contributed by atoms with Crippen molar-refractivity contribution in [3.05, 3.63) is 68.3 Å². The van der Waals surface area contributed by atoms with E-state index in [0.717, 1.165) is 51.3 Å². The van der Waals surface area contributed by atoms with Crippen molar-refractivity contribution in [1.29, 1.82) is 0 Å². The maximum atomic E-state index is 12.7. The molecule has 0 atom stereocenters. The third-order valence-corrected chi connectivity index (χ3v) is 7.59. The highest BCUT2D eigenvalue weighted by Gasteiger charge is 2.19. The van der Waals surface area contributed by atoms with E-state index < -0.39 is 0 Å². The number of thioether (sulfide) groups is 1. The Morgan fingerprint density at radius 1 is 1.00 bits per heavy atom. The quantitative estimate of drug-likeness (QED) is 0.320. The highest BCUT2D eigenvalue weighted by atomic mass is 35.5. The van der Waals surface area contributed by atoms with Gasteiger partial charge in [-0.3, -0.25) is 14.3 Å². The zero-order valence-electron chi connectivity index (χ0n) is 19.5. The molecule has 0 amide bonds. The van der Waals surface area contributed by atoms with Gasteiger partial charge in [0.15, 0.2) is 0 Å². The van der Waals surface area contributed by atoms with Crippen LogP contribution in [0.3, 0.4) is 0 Å². The number of hydrogen-bond donors (Lipinski definition) is 1. The lowest BCUT2D eigenvalue weighted by molar-refractivity contribution is 0.250. The van der Waals surface area contributed by atoms with E-state index in [-0.39, 0.29) is 23.7 Å². The maximum absolute atomic E-state index is 12.7. The summed E-state index contributed by atoms with van der Waals surface area (Å²) in [4.78, 5) is 34.2. The summed E-state index contributed by atoms with van der Waals surface area (Å²) in [5.41, 5.74) is 1.25. The Morgan fingerprint density at radius 3 is 2.50 bits per heavy atom. The van der Waals surface area contributed by atoms with Crippen LogP contribution in [0.4, 0.5) is 5.69 Å². The van der Waals surface area contributed by atoms with Gasteiger partial charge >= 0.3 is 5.69 Å². The number of rotatable bonds is 9. The smallest absolute Gasteiger partial charge is 0.328 e. The lowest BCUT2D eigenvalue weighted by Crippen LogP contribution is -2.46. The van der Waals surface area contributed by atoms with Gasteiger partial charge in [-0.15, -0.1) is 24.2 Å². The molecule has 1 aliphatic heterocycles. The van der Waals surface area contributed by atoms with Crippen LogP contribution in [0.25, 0.3) is 10.9 Å². The second-order valence-corrected chi connectivity index (χ2v) is 10.0. The van der Waals surface area contributed by atoms with E-state index in [1.165, 1.54) is 21.6 Å². The maximum Gasteiger partial charge on any atom is 0.328 e. The molecule has 0 unspecified atom stereocenters. The van der Waals surface area contributed by atoms with Crippen molar-refractivity contribution in [3.63, 3.8) is 0 Å². The molecule has 184 valence electrons. The van der Waals surface area contributed by atoms with Crippen LogP contribution >= 0.6 is 35.8 Å². The molecule has 1 aliphatic rings. The number of nitrogens with zero attached hydrogens (tertiary/aromatic N) is 3. The third-order valence-electron chi connectivity index (χ3n) is 6.09. The van der Waals surface area contributed by atoms with Crippen LogP contribution in [-0.2, 0) is 6.54 Å². The molecule has 1 aromatic heterocycles.